The van der Waals surface area contributed by atoms with Gasteiger partial charge in [0.2, 0.25) is 0 Å². The Bertz CT molecular complexity index is 415. The monoisotopic (exact) mass is 273 g/mol. The van der Waals surface area contributed by atoms with E-state index in [4.69, 9.17) is 0 Å². The maximum atomic E-state index is 10.4. The Morgan fingerprint density at radius 2 is 1.85 bits per heavy atom. The summed E-state index contributed by atoms with van der Waals surface area (Å²) in [6, 6.07) is 11.2. The number of benzene rings is 1. The molecule has 1 N–H and O–H groups in total. The van der Waals surface area contributed by atoms with Gasteiger partial charge in [0.05, 0.1) is 6.10 Å². The smallest absolute Gasteiger partial charge is 0.0695 e. The summed E-state index contributed by atoms with van der Waals surface area (Å²) in [4.78, 5) is 2.43. The first-order chi connectivity index (χ1) is 9.74. The van der Waals surface area contributed by atoms with E-state index in [0.29, 0.717) is 12.0 Å². The predicted octanol–water partition coefficient (Wildman–Crippen LogP) is 3.42. The van der Waals surface area contributed by atoms with Gasteiger partial charge >= 0.3 is 0 Å². The molecule has 2 aliphatic rings. The van der Waals surface area contributed by atoms with E-state index < -0.39 is 0 Å². The van der Waals surface area contributed by atoms with Crippen molar-refractivity contribution in [1.29, 1.82) is 0 Å². The van der Waals surface area contributed by atoms with Gasteiger partial charge < -0.3 is 10.0 Å². The molecule has 1 aromatic carbocycles. The van der Waals surface area contributed by atoms with E-state index in [-0.39, 0.29) is 6.10 Å². The Balaban J connectivity index is 1.63. The minimum Gasteiger partial charge on any atom is -0.391 e. The van der Waals surface area contributed by atoms with Gasteiger partial charge in [-0.15, -0.1) is 0 Å². The standard InChI is InChI=1S/C18H27NO/c1-19(13-14-6-5-7-14)17-12-16(10-11-18(17)20)15-8-3-2-4-9-15/h2-4,8-9,14,16-18,20H,5-7,10-13H2,1H3. The van der Waals surface area contributed by atoms with Crippen LogP contribution in [0.15, 0.2) is 30.3 Å². The summed E-state index contributed by atoms with van der Waals surface area (Å²) < 4.78 is 0. The van der Waals surface area contributed by atoms with Gasteiger partial charge in [-0.25, -0.2) is 0 Å². The van der Waals surface area contributed by atoms with Gasteiger partial charge in [0, 0.05) is 12.6 Å². The molecule has 2 aliphatic carbocycles. The van der Waals surface area contributed by atoms with Crippen LogP contribution < -0.4 is 0 Å². The predicted molar refractivity (Wildman–Crippen MR) is 82.8 cm³/mol. The lowest BCUT2D eigenvalue weighted by Gasteiger charge is -2.41. The van der Waals surface area contributed by atoms with Crippen LogP contribution in [0.25, 0.3) is 0 Å². The highest BCUT2D eigenvalue weighted by atomic mass is 16.3. The normalized spacial score (nSPS) is 31.2. The highest BCUT2D eigenvalue weighted by Gasteiger charge is 2.33. The second-order valence-electron chi connectivity index (χ2n) is 6.79. The van der Waals surface area contributed by atoms with Crippen LogP contribution in [-0.2, 0) is 0 Å². The van der Waals surface area contributed by atoms with E-state index in [1.165, 1.54) is 31.4 Å². The zero-order valence-electron chi connectivity index (χ0n) is 12.5. The lowest BCUT2D eigenvalue weighted by molar-refractivity contribution is 0.0137. The SMILES string of the molecule is CN(CC1CCC1)C1CC(c2ccccc2)CCC1O. The van der Waals surface area contributed by atoms with Gasteiger partial charge in [-0.1, -0.05) is 36.8 Å². The molecule has 3 unspecified atom stereocenters. The van der Waals surface area contributed by atoms with Crippen molar-refractivity contribution in [3.05, 3.63) is 35.9 Å². The Labute approximate surface area is 122 Å². The van der Waals surface area contributed by atoms with Crippen LogP contribution in [0.3, 0.4) is 0 Å². The minimum atomic E-state index is -0.139. The molecule has 3 rings (SSSR count). The third kappa shape index (κ3) is 3.07. The summed E-state index contributed by atoms with van der Waals surface area (Å²) in [5.41, 5.74) is 1.45. The summed E-state index contributed by atoms with van der Waals surface area (Å²) in [7, 11) is 2.21. The summed E-state index contributed by atoms with van der Waals surface area (Å²) in [6.07, 6.45) is 7.20. The summed E-state index contributed by atoms with van der Waals surface area (Å²) in [6.45, 7) is 1.17. The fourth-order valence-corrected chi connectivity index (χ4v) is 3.85. The first-order valence-corrected chi connectivity index (χ1v) is 8.17. The van der Waals surface area contributed by atoms with Crippen LogP contribution in [0.4, 0.5) is 0 Å². The molecule has 0 heterocycles. The number of rotatable bonds is 4. The van der Waals surface area contributed by atoms with E-state index in [2.05, 4.69) is 42.3 Å². The average Bonchev–Trinajstić information content (AvgIpc) is 2.44. The zero-order valence-corrected chi connectivity index (χ0v) is 12.5. The summed E-state index contributed by atoms with van der Waals surface area (Å²) >= 11 is 0. The van der Waals surface area contributed by atoms with Crippen molar-refractivity contribution in [2.75, 3.05) is 13.6 Å². The van der Waals surface area contributed by atoms with Crippen LogP contribution in [0.2, 0.25) is 0 Å². The second-order valence-corrected chi connectivity index (χ2v) is 6.79. The van der Waals surface area contributed by atoms with Gasteiger partial charge in [0.1, 0.15) is 0 Å². The number of aliphatic hydroxyl groups is 1. The molecule has 3 atom stereocenters. The molecule has 2 fully saturated rings. The average molecular weight is 273 g/mol. The van der Waals surface area contributed by atoms with E-state index in [1.807, 2.05) is 0 Å². The minimum absolute atomic E-state index is 0.139. The number of hydrogen-bond acceptors (Lipinski definition) is 2. The Morgan fingerprint density at radius 3 is 2.50 bits per heavy atom. The Kier molecular flexibility index (Phi) is 4.42. The molecule has 0 aliphatic heterocycles. The molecule has 2 saturated carbocycles. The molecule has 2 heteroatoms. The quantitative estimate of drug-likeness (QED) is 0.908. The zero-order chi connectivity index (χ0) is 13.9. The van der Waals surface area contributed by atoms with Crippen molar-refractivity contribution >= 4 is 0 Å². The largest absolute Gasteiger partial charge is 0.391 e. The van der Waals surface area contributed by atoms with E-state index in [1.54, 1.807) is 0 Å². The Hall–Kier alpha value is -0.860. The maximum Gasteiger partial charge on any atom is 0.0695 e. The van der Waals surface area contributed by atoms with Crippen molar-refractivity contribution < 1.29 is 5.11 Å². The molecule has 110 valence electrons. The van der Waals surface area contributed by atoms with Crippen molar-refractivity contribution in [3.8, 4) is 0 Å². The van der Waals surface area contributed by atoms with Crippen LogP contribution in [-0.4, -0.2) is 35.7 Å². The van der Waals surface area contributed by atoms with Crippen molar-refractivity contribution in [1.82, 2.24) is 4.90 Å². The fourth-order valence-electron chi connectivity index (χ4n) is 3.85. The van der Waals surface area contributed by atoms with Crippen molar-refractivity contribution in [2.45, 2.75) is 56.6 Å². The Morgan fingerprint density at radius 1 is 1.10 bits per heavy atom. The first kappa shape index (κ1) is 14.1. The van der Waals surface area contributed by atoms with Gasteiger partial charge in [-0.2, -0.15) is 0 Å². The van der Waals surface area contributed by atoms with Crippen LogP contribution in [0, 0.1) is 5.92 Å². The molecule has 0 aromatic heterocycles. The summed E-state index contributed by atoms with van der Waals surface area (Å²) in [5.74, 6) is 1.50. The highest BCUT2D eigenvalue weighted by molar-refractivity contribution is 5.20. The first-order valence-electron chi connectivity index (χ1n) is 8.17. The summed E-state index contributed by atoms with van der Waals surface area (Å²) in [5, 5.41) is 10.4. The molecule has 0 bridgehead atoms. The molecule has 2 nitrogen and oxygen atoms in total. The van der Waals surface area contributed by atoms with E-state index >= 15 is 0 Å². The number of aliphatic hydroxyl groups excluding tert-OH is 1. The fraction of sp³-hybridized carbons (Fsp3) is 0.667. The third-order valence-electron chi connectivity index (χ3n) is 5.39. The third-order valence-corrected chi connectivity index (χ3v) is 5.39. The van der Waals surface area contributed by atoms with Crippen LogP contribution in [0.5, 0.6) is 0 Å². The molecule has 0 saturated heterocycles. The van der Waals surface area contributed by atoms with Gasteiger partial charge in [0.25, 0.3) is 0 Å². The van der Waals surface area contributed by atoms with Gasteiger partial charge in [-0.05, 0) is 56.6 Å². The van der Waals surface area contributed by atoms with Crippen molar-refractivity contribution in [2.24, 2.45) is 5.92 Å². The highest BCUT2D eigenvalue weighted by Crippen LogP contribution is 2.36. The van der Waals surface area contributed by atoms with Gasteiger partial charge in [-0.3, -0.25) is 0 Å². The topological polar surface area (TPSA) is 23.5 Å². The number of likely N-dealkylation sites (N-methyl/N-ethyl adjacent to an activating group) is 1. The van der Waals surface area contributed by atoms with Gasteiger partial charge in [0.15, 0.2) is 0 Å². The molecular formula is C18H27NO. The van der Waals surface area contributed by atoms with E-state index in [9.17, 15) is 5.11 Å². The number of hydrogen-bond donors (Lipinski definition) is 1. The van der Waals surface area contributed by atoms with Crippen LogP contribution >= 0.6 is 0 Å². The number of nitrogens with zero attached hydrogens (tertiary/aromatic N) is 1. The molecule has 20 heavy (non-hydrogen) atoms. The molecule has 0 amide bonds. The molecule has 0 radical (unpaired) electrons. The lowest BCUT2D eigenvalue weighted by Crippen LogP contribution is -2.47. The van der Waals surface area contributed by atoms with Crippen molar-refractivity contribution in [3.63, 3.8) is 0 Å². The molecule has 1 aromatic rings. The maximum absolute atomic E-state index is 10.4. The van der Waals surface area contributed by atoms with E-state index in [0.717, 1.165) is 25.2 Å². The second kappa shape index (κ2) is 6.28. The lowest BCUT2D eigenvalue weighted by atomic mass is 9.78. The van der Waals surface area contributed by atoms with Crippen LogP contribution in [0.1, 0.15) is 50.0 Å². The molecular weight excluding hydrogens is 246 g/mol. The molecule has 0 spiro atoms.